The predicted octanol–water partition coefficient (Wildman–Crippen LogP) is 1.02. The van der Waals surface area contributed by atoms with Crippen molar-refractivity contribution in [3.05, 3.63) is 52.6 Å². The first-order valence-electron chi connectivity index (χ1n) is 8.34. The summed E-state index contributed by atoms with van der Waals surface area (Å²) in [6.07, 6.45) is -0.469. The van der Waals surface area contributed by atoms with Gasteiger partial charge in [-0.3, -0.25) is 4.79 Å². The highest BCUT2D eigenvalue weighted by Gasteiger charge is 2.61. The molecule has 2 aliphatic heterocycles. The van der Waals surface area contributed by atoms with Crippen LogP contribution in [0.25, 0.3) is 0 Å². The molecule has 1 spiro atoms. The van der Waals surface area contributed by atoms with Gasteiger partial charge >= 0.3 is 11.9 Å². The number of rotatable bonds is 3. The Kier molecular flexibility index (Phi) is 4.43. The zero-order valence-electron chi connectivity index (χ0n) is 15.4. The molecule has 1 amide bonds. The summed E-state index contributed by atoms with van der Waals surface area (Å²) in [6, 6.07) is 6.57. The van der Waals surface area contributed by atoms with Crippen LogP contribution in [0.5, 0.6) is 5.75 Å². The molecule has 0 unspecified atom stereocenters. The Labute approximate surface area is 155 Å². The van der Waals surface area contributed by atoms with Crippen molar-refractivity contribution in [2.75, 3.05) is 7.11 Å². The first-order valence-corrected chi connectivity index (χ1v) is 8.34. The van der Waals surface area contributed by atoms with Crippen LogP contribution in [0, 0.1) is 0 Å². The standard InChI is InChI=1S/C19H20N2O6/c1-9(2)26-17(23)14-15(20)27-12-8-6-5-7-11(12)19(14)13(16(22)25-4)10(3)21-18(19)24/h5-9H,20H2,1-4H3,(H,21,24)/t19-/m0/s1. The van der Waals surface area contributed by atoms with E-state index in [0.717, 1.165) is 0 Å². The second-order valence-corrected chi connectivity index (χ2v) is 6.49. The minimum atomic E-state index is -1.82. The van der Waals surface area contributed by atoms with Gasteiger partial charge < -0.3 is 25.3 Å². The minimum Gasteiger partial charge on any atom is -0.466 e. The number of hydrogen-bond donors (Lipinski definition) is 2. The second-order valence-electron chi connectivity index (χ2n) is 6.49. The summed E-state index contributed by atoms with van der Waals surface area (Å²) in [6.45, 7) is 4.88. The Hall–Kier alpha value is -3.29. The molecule has 8 nitrogen and oxygen atoms in total. The highest BCUT2D eigenvalue weighted by atomic mass is 16.5. The monoisotopic (exact) mass is 372 g/mol. The van der Waals surface area contributed by atoms with E-state index in [4.69, 9.17) is 19.9 Å². The third-order valence-corrected chi connectivity index (χ3v) is 4.46. The van der Waals surface area contributed by atoms with Gasteiger partial charge in [0.1, 0.15) is 16.7 Å². The second kappa shape index (κ2) is 6.46. The summed E-state index contributed by atoms with van der Waals surface area (Å²) in [5.74, 6) is -2.24. The molecule has 27 heavy (non-hydrogen) atoms. The van der Waals surface area contributed by atoms with E-state index in [0.29, 0.717) is 5.56 Å². The number of nitrogens with two attached hydrogens (primary N) is 1. The number of fused-ring (bicyclic) bond motifs is 2. The topological polar surface area (TPSA) is 117 Å². The van der Waals surface area contributed by atoms with Gasteiger partial charge in [-0.05, 0) is 26.8 Å². The highest BCUT2D eigenvalue weighted by molar-refractivity contribution is 6.17. The number of ether oxygens (including phenoxy) is 3. The van der Waals surface area contributed by atoms with Gasteiger partial charge in [-0.25, -0.2) is 9.59 Å². The molecule has 0 saturated heterocycles. The van der Waals surface area contributed by atoms with E-state index in [-0.39, 0.29) is 28.5 Å². The molecule has 0 fully saturated rings. The van der Waals surface area contributed by atoms with E-state index < -0.39 is 29.4 Å². The summed E-state index contributed by atoms with van der Waals surface area (Å²) < 4.78 is 15.8. The Morgan fingerprint density at radius 1 is 1.19 bits per heavy atom. The number of carbonyl (C=O) groups is 3. The fourth-order valence-electron chi connectivity index (χ4n) is 3.51. The van der Waals surface area contributed by atoms with Crippen LogP contribution in [0.15, 0.2) is 47.0 Å². The van der Waals surface area contributed by atoms with Gasteiger partial charge in [0, 0.05) is 11.3 Å². The summed E-state index contributed by atoms with van der Waals surface area (Å²) in [7, 11) is 1.20. The maximum atomic E-state index is 13.2. The number of esters is 2. The lowest BCUT2D eigenvalue weighted by Gasteiger charge is -2.36. The normalized spacial score (nSPS) is 21.1. The lowest BCUT2D eigenvalue weighted by molar-refractivity contribution is -0.145. The maximum Gasteiger partial charge on any atom is 0.341 e. The summed E-state index contributed by atoms with van der Waals surface area (Å²) in [5, 5.41) is 2.63. The van der Waals surface area contributed by atoms with Crippen LogP contribution in [0.4, 0.5) is 0 Å². The fourth-order valence-corrected chi connectivity index (χ4v) is 3.51. The summed E-state index contributed by atoms with van der Waals surface area (Å²) in [4.78, 5) is 38.7. The number of para-hydroxylation sites is 1. The van der Waals surface area contributed by atoms with Crippen molar-refractivity contribution in [1.82, 2.24) is 5.32 Å². The highest BCUT2D eigenvalue weighted by Crippen LogP contribution is 2.51. The maximum absolute atomic E-state index is 13.2. The number of benzene rings is 1. The quantitative estimate of drug-likeness (QED) is 0.761. The number of allylic oxidation sites excluding steroid dienone is 1. The first-order chi connectivity index (χ1) is 12.7. The van der Waals surface area contributed by atoms with E-state index in [2.05, 4.69) is 5.32 Å². The molecule has 1 aromatic carbocycles. The van der Waals surface area contributed by atoms with E-state index in [1.165, 1.54) is 7.11 Å². The van der Waals surface area contributed by atoms with Gasteiger partial charge in [0.05, 0.1) is 18.8 Å². The number of hydrogen-bond acceptors (Lipinski definition) is 7. The van der Waals surface area contributed by atoms with Crippen LogP contribution in [0.3, 0.4) is 0 Å². The SMILES string of the molecule is COC(=O)C1=C(C)NC(=O)[C@]12C(C(=O)OC(C)C)=C(N)Oc1ccccc12. The lowest BCUT2D eigenvalue weighted by atomic mass is 9.67. The minimum absolute atomic E-state index is 0.0237. The van der Waals surface area contributed by atoms with Crippen molar-refractivity contribution < 1.29 is 28.6 Å². The van der Waals surface area contributed by atoms with Gasteiger partial charge in [0.2, 0.25) is 11.8 Å². The zero-order chi connectivity index (χ0) is 19.9. The van der Waals surface area contributed by atoms with Crippen molar-refractivity contribution in [3.63, 3.8) is 0 Å². The zero-order valence-corrected chi connectivity index (χ0v) is 15.4. The first kappa shape index (κ1) is 18.5. The average molecular weight is 372 g/mol. The third-order valence-electron chi connectivity index (χ3n) is 4.46. The van der Waals surface area contributed by atoms with Crippen molar-refractivity contribution in [2.45, 2.75) is 32.3 Å². The smallest absolute Gasteiger partial charge is 0.341 e. The van der Waals surface area contributed by atoms with Crippen LogP contribution in [-0.2, 0) is 29.3 Å². The summed E-state index contributed by atoms with van der Waals surface area (Å²) in [5.41, 5.74) is 4.53. The molecule has 142 valence electrons. The lowest BCUT2D eigenvalue weighted by Crippen LogP contribution is -2.49. The predicted molar refractivity (Wildman–Crippen MR) is 94.0 cm³/mol. The molecule has 0 bridgehead atoms. The molecule has 2 aliphatic rings. The number of carbonyl (C=O) groups excluding carboxylic acids is 3. The van der Waals surface area contributed by atoms with Crippen LogP contribution >= 0.6 is 0 Å². The molecule has 3 N–H and O–H groups in total. The van der Waals surface area contributed by atoms with Crippen molar-refractivity contribution in [3.8, 4) is 5.75 Å². The molecule has 1 aromatic rings. The van der Waals surface area contributed by atoms with Gasteiger partial charge in [-0.2, -0.15) is 0 Å². The Balaban J connectivity index is 2.38. The van der Waals surface area contributed by atoms with E-state index >= 15 is 0 Å². The molecule has 8 heteroatoms. The van der Waals surface area contributed by atoms with Crippen molar-refractivity contribution in [2.24, 2.45) is 5.73 Å². The van der Waals surface area contributed by atoms with E-state index in [9.17, 15) is 14.4 Å². The number of nitrogens with one attached hydrogen (secondary N) is 1. The van der Waals surface area contributed by atoms with E-state index in [1.807, 2.05) is 0 Å². The van der Waals surface area contributed by atoms with Gasteiger partial charge in [-0.15, -0.1) is 0 Å². The van der Waals surface area contributed by atoms with E-state index in [1.54, 1.807) is 45.0 Å². The largest absolute Gasteiger partial charge is 0.466 e. The number of methoxy groups -OCH3 is 1. The van der Waals surface area contributed by atoms with Crippen molar-refractivity contribution >= 4 is 17.8 Å². The Bertz CT molecular complexity index is 915. The van der Waals surface area contributed by atoms with Crippen LogP contribution in [0.1, 0.15) is 26.3 Å². The average Bonchev–Trinajstić information content (AvgIpc) is 2.84. The van der Waals surface area contributed by atoms with Gasteiger partial charge in [0.15, 0.2) is 0 Å². The number of amides is 1. The molecule has 1 atom stereocenters. The van der Waals surface area contributed by atoms with Gasteiger partial charge in [-0.1, -0.05) is 18.2 Å². The molecule has 0 aromatic heterocycles. The Morgan fingerprint density at radius 3 is 2.48 bits per heavy atom. The molecule has 0 aliphatic carbocycles. The molecule has 2 heterocycles. The molecule has 0 saturated carbocycles. The summed E-state index contributed by atoms with van der Waals surface area (Å²) >= 11 is 0. The molecular formula is C19H20N2O6. The van der Waals surface area contributed by atoms with Crippen LogP contribution < -0.4 is 15.8 Å². The molecule has 0 radical (unpaired) electrons. The third kappa shape index (κ3) is 2.56. The molecule has 3 rings (SSSR count). The van der Waals surface area contributed by atoms with Gasteiger partial charge in [0.25, 0.3) is 0 Å². The van der Waals surface area contributed by atoms with Crippen LogP contribution in [0.2, 0.25) is 0 Å². The Morgan fingerprint density at radius 2 is 1.85 bits per heavy atom. The van der Waals surface area contributed by atoms with Crippen LogP contribution in [-0.4, -0.2) is 31.1 Å². The van der Waals surface area contributed by atoms with Crippen molar-refractivity contribution in [1.29, 1.82) is 0 Å². The molecular weight excluding hydrogens is 352 g/mol. The fraction of sp³-hybridized carbons (Fsp3) is 0.316.